The van der Waals surface area contributed by atoms with Gasteiger partial charge in [-0.2, -0.15) is 0 Å². The first-order valence-corrected chi connectivity index (χ1v) is 8.52. The molecule has 1 heterocycles. The first kappa shape index (κ1) is 19.8. The van der Waals surface area contributed by atoms with Crippen molar-refractivity contribution in [3.05, 3.63) is 63.0 Å². The van der Waals surface area contributed by atoms with Crippen LogP contribution in [0.1, 0.15) is 12.8 Å². The highest BCUT2D eigenvalue weighted by atomic mass is 35.5. The summed E-state index contributed by atoms with van der Waals surface area (Å²) < 4.78 is 6.69. The summed E-state index contributed by atoms with van der Waals surface area (Å²) in [5.74, 6) is -0.390. The smallest absolute Gasteiger partial charge is 0.258 e. The molecular weight excluding hydrogens is 381 g/mol. The van der Waals surface area contributed by atoms with E-state index in [-0.39, 0.29) is 31.0 Å². The maximum atomic E-state index is 11.7. The highest BCUT2D eigenvalue weighted by Crippen LogP contribution is 2.27. The lowest BCUT2D eigenvalue weighted by atomic mass is 10.3. The predicted molar refractivity (Wildman–Crippen MR) is 98.2 cm³/mol. The average Bonchev–Trinajstić information content (AvgIpc) is 2.60. The topological polar surface area (TPSA) is 89.4 Å². The number of hydrogen-bond donors (Lipinski definition) is 2. The molecule has 0 saturated carbocycles. The fraction of sp³-hybridized carbons (Fsp3) is 0.235. The molecule has 0 atom stereocenters. The van der Waals surface area contributed by atoms with Gasteiger partial charge in [-0.3, -0.25) is 25.2 Å². The van der Waals surface area contributed by atoms with Crippen LogP contribution in [0.5, 0.6) is 5.75 Å². The van der Waals surface area contributed by atoms with E-state index in [0.717, 1.165) is 0 Å². The summed E-state index contributed by atoms with van der Waals surface area (Å²) in [6.45, 7) is 0.0975. The van der Waals surface area contributed by atoms with Crippen LogP contribution in [0, 0.1) is 0 Å². The predicted octanol–water partition coefficient (Wildman–Crippen LogP) is 2.16. The van der Waals surface area contributed by atoms with Crippen LogP contribution in [0.25, 0.3) is 0 Å². The lowest BCUT2D eigenvalue weighted by Gasteiger charge is -2.10. The Morgan fingerprint density at radius 1 is 1.08 bits per heavy atom. The summed E-state index contributed by atoms with van der Waals surface area (Å²) in [7, 11) is 0. The third-order valence-electron chi connectivity index (χ3n) is 3.25. The van der Waals surface area contributed by atoms with Gasteiger partial charge in [0.25, 0.3) is 11.5 Å². The van der Waals surface area contributed by atoms with E-state index in [1.807, 2.05) is 0 Å². The van der Waals surface area contributed by atoms with Gasteiger partial charge in [0.1, 0.15) is 12.3 Å². The minimum Gasteiger partial charge on any atom is -0.492 e. The molecule has 0 aliphatic heterocycles. The molecule has 0 aliphatic rings. The van der Waals surface area contributed by atoms with Gasteiger partial charge in [0.05, 0.1) is 11.6 Å². The first-order chi connectivity index (χ1) is 12.5. The van der Waals surface area contributed by atoms with Crippen LogP contribution in [0.15, 0.2) is 47.4 Å². The molecule has 9 heteroatoms. The number of halogens is 2. The largest absolute Gasteiger partial charge is 0.492 e. The van der Waals surface area contributed by atoms with Crippen molar-refractivity contribution in [2.45, 2.75) is 19.4 Å². The molecule has 0 spiro atoms. The van der Waals surface area contributed by atoms with Crippen LogP contribution < -0.4 is 21.1 Å². The highest BCUT2D eigenvalue weighted by Gasteiger charge is 2.07. The maximum Gasteiger partial charge on any atom is 0.258 e. The maximum absolute atomic E-state index is 11.7. The van der Waals surface area contributed by atoms with Crippen LogP contribution in [0.3, 0.4) is 0 Å². The summed E-state index contributed by atoms with van der Waals surface area (Å²) in [5, 5.41) is 0.903. The standard InChI is InChI=1S/C17H17Cl2N3O4/c18-12-6-7-14(13(19)10-12)26-9-3-4-15(23)20-21-16(24)11-22-8-2-1-5-17(22)25/h1-2,5-8,10H,3-4,9,11H2,(H,20,23)(H,21,24). The quantitative estimate of drug-likeness (QED) is 0.553. The van der Waals surface area contributed by atoms with Crippen LogP contribution in [-0.4, -0.2) is 23.0 Å². The van der Waals surface area contributed by atoms with E-state index in [2.05, 4.69) is 10.9 Å². The van der Waals surface area contributed by atoms with Crippen molar-refractivity contribution in [2.75, 3.05) is 6.61 Å². The first-order valence-electron chi connectivity index (χ1n) is 7.76. The zero-order chi connectivity index (χ0) is 18.9. The van der Waals surface area contributed by atoms with Gasteiger partial charge in [0, 0.05) is 23.7 Å². The van der Waals surface area contributed by atoms with Crippen LogP contribution >= 0.6 is 23.2 Å². The van der Waals surface area contributed by atoms with E-state index in [1.165, 1.54) is 16.8 Å². The fourth-order valence-electron chi connectivity index (χ4n) is 1.99. The van der Waals surface area contributed by atoms with Crippen molar-refractivity contribution in [3.63, 3.8) is 0 Å². The molecule has 0 bridgehead atoms. The Kier molecular flexibility index (Phi) is 7.50. The number of benzene rings is 1. The van der Waals surface area contributed by atoms with Crippen molar-refractivity contribution in [1.82, 2.24) is 15.4 Å². The number of nitrogens with zero attached hydrogens (tertiary/aromatic N) is 1. The Bertz CT molecular complexity index is 839. The number of ether oxygens (including phenoxy) is 1. The summed E-state index contributed by atoms with van der Waals surface area (Å²) in [6.07, 6.45) is 2.07. The second kappa shape index (κ2) is 9.84. The van der Waals surface area contributed by atoms with Gasteiger partial charge in [-0.1, -0.05) is 29.3 Å². The summed E-state index contributed by atoms with van der Waals surface area (Å²) in [4.78, 5) is 34.9. The third kappa shape index (κ3) is 6.42. The normalized spacial score (nSPS) is 10.2. The van der Waals surface area contributed by atoms with E-state index in [1.54, 1.807) is 30.3 Å². The lowest BCUT2D eigenvalue weighted by molar-refractivity contribution is -0.129. The molecule has 2 N–H and O–H groups in total. The van der Waals surface area contributed by atoms with E-state index < -0.39 is 5.91 Å². The van der Waals surface area contributed by atoms with Gasteiger partial charge in [-0.05, 0) is 30.7 Å². The average molecular weight is 398 g/mol. The van der Waals surface area contributed by atoms with Crippen molar-refractivity contribution in [2.24, 2.45) is 0 Å². The number of amides is 2. The number of hydrazine groups is 1. The lowest BCUT2D eigenvalue weighted by Crippen LogP contribution is -2.44. The molecule has 7 nitrogen and oxygen atoms in total. The van der Waals surface area contributed by atoms with E-state index in [4.69, 9.17) is 27.9 Å². The minimum absolute atomic E-state index is 0.150. The SMILES string of the molecule is O=C(CCCOc1ccc(Cl)cc1Cl)NNC(=O)Cn1ccccc1=O. The van der Waals surface area contributed by atoms with Crippen molar-refractivity contribution >= 4 is 35.0 Å². The number of pyridine rings is 1. The van der Waals surface area contributed by atoms with Crippen molar-refractivity contribution in [1.29, 1.82) is 0 Å². The molecule has 1 aromatic carbocycles. The Balaban J connectivity index is 1.65. The van der Waals surface area contributed by atoms with E-state index >= 15 is 0 Å². The van der Waals surface area contributed by atoms with Crippen LogP contribution in [0.2, 0.25) is 10.0 Å². The Hall–Kier alpha value is -2.51. The molecule has 2 rings (SSSR count). The molecule has 2 aromatic rings. The number of carbonyl (C=O) groups is 2. The van der Waals surface area contributed by atoms with Crippen molar-refractivity contribution in [3.8, 4) is 5.75 Å². The number of hydrogen-bond acceptors (Lipinski definition) is 4. The molecule has 1 aromatic heterocycles. The van der Waals surface area contributed by atoms with E-state index in [9.17, 15) is 14.4 Å². The number of nitrogens with one attached hydrogen (secondary N) is 2. The van der Waals surface area contributed by atoms with Gasteiger partial charge in [-0.25, -0.2) is 0 Å². The number of aromatic nitrogens is 1. The molecule has 0 unspecified atom stereocenters. The van der Waals surface area contributed by atoms with Gasteiger partial charge in [0.15, 0.2) is 0 Å². The molecule has 0 fully saturated rings. The summed E-state index contributed by atoms with van der Waals surface area (Å²) in [5.41, 5.74) is 4.24. The molecule has 0 radical (unpaired) electrons. The monoisotopic (exact) mass is 397 g/mol. The fourth-order valence-corrected chi connectivity index (χ4v) is 2.46. The summed E-state index contributed by atoms with van der Waals surface area (Å²) in [6, 6.07) is 9.44. The molecule has 26 heavy (non-hydrogen) atoms. The van der Waals surface area contributed by atoms with Gasteiger partial charge >= 0.3 is 0 Å². The number of rotatable bonds is 7. The Morgan fingerprint density at radius 3 is 2.58 bits per heavy atom. The van der Waals surface area contributed by atoms with Crippen LogP contribution in [0.4, 0.5) is 0 Å². The summed E-state index contributed by atoms with van der Waals surface area (Å²) >= 11 is 11.8. The molecule has 138 valence electrons. The van der Waals surface area contributed by atoms with Crippen LogP contribution in [-0.2, 0) is 16.1 Å². The number of carbonyl (C=O) groups excluding carboxylic acids is 2. The zero-order valence-electron chi connectivity index (χ0n) is 13.7. The second-order valence-corrected chi connectivity index (χ2v) is 6.13. The van der Waals surface area contributed by atoms with E-state index in [0.29, 0.717) is 22.2 Å². The molecule has 0 saturated heterocycles. The highest BCUT2D eigenvalue weighted by molar-refractivity contribution is 6.35. The Labute approximate surface area is 159 Å². The molecule has 0 aliphatic carbocycles. The Morgan fingerprint density at radius 2 is 1.85 bits per heavy atom. The van der Waals surface area contributed by atoms with Gasteiger partial charge in [-0.15, -0.1) is 0 Å². The molecular formula is C17H17Cl2N3O4. The van der Waals surface area contributed by atoms with Gasteiger partial charge < -0.3 is 9.30 Å². The minimum atomic E-state index is -0.504. The van der Waals surface area contributed by atoms with Crippen molar-refractivity contribution < 1.29 is 14.3 Å². The third-order valence-corrected chi connectivity index (χ3v) is 3.78. The second-order valence-electron chi connectivity index (χ2n) is 5.29. The van der Waals surface area contributed by atoms with Gasteiger partial charge in [0.2, 0.25) is 5.91 Å². The molecule has 2 amide bonds. The zero-order valence-corrected chi connectivity index (χ0v) is 15.2.